The zero-order valence-corrected chi connectivity index (χ0v) is 30.9. The summed E-state index contributed by atoms with van der Waals surface area (Å²) >= 11 is 0. The van der Waals surface area contributed by atoms with E-state index in [4.69, 9.17) is 0 Å². The van der Waals surface area contributed by atoms with Gasteiger partial charge in [0.2, 0.25) is 0 Å². The molecule has 0 spiro atoms. The molecule has 1 heterocycles. The predicted octanol–water partition coefficient (Wildman–Crippen LogP) is 15.2. The van der Waals surface area contributed by atoms with Crippen LogP contribution in [0.25, 0.3) is 0 Å². The Labute approximate surface area is 284 Å². The van der Waals surface area contributed by atoms with Crippen LogP contribution in [0.1, 0.15) is 213 Å². The van der Waals surface area contributed by atoms with Crippen LogP contribution in [0.15, 0.2) is 60.3 Å². The Morgan fingerprint density at radius 1 is 0.467 bits per heavy atom. The van der Waals surface area contributed by atoms with Crippen LogP contribution in [0.4, 0.5) is 0 Å². The monoisotopic (exact) mass is 620 g/mol. The molecule has 0 unspecified atom stereocenters. The third kappa shape index (κ3) is 26.3. The zero-order valence-electron chi connectivity index (χ0n) is 30.9. The molecule has 2 heteroatoms. The molecule has 258 valence electrons. The Kier molecular flexibility index (Phi) is 31.3. The quantitative estimate of drug-likeness (QED) is 0.0522. The molecule has 0 aromatic rings. The van der Waals surface area contributed by atoms with Gasteiger partial charge in [0, 0.05) is 5.70 Å². The number of nitrogens with zero attached hydrogens (tertiary/aromatic N) is 1. The molecule has 45 heavy (non-hydrogen) atoms. The van der Waals surface area contributed by atoms with Crippen molar-refractivity contribution in [2.45, 2.75) is 213 Å². The second kappa shape index (κ2) is 33.9. The summed E-state index contributed by atoms with van der Waals surface area (Å²) in [7, 11) is 0. The highest BCUT2D eigenvalue weighted by atomic mass is 15.0. The van der Waals surface area contributed by atoms with Crippen LogP contribution in [-0.2, 0) is 0 Å². The van der Waals surface area contributed by atoms with Crippen LogP contribution in [0.5, 0.6) is 0 Å². The highest BCUT2D eigenvalue weighted by molar-refractivity contribution is 6.67. The molecule has 0 aromatic carbocycles. The lowest BCUT2D eigenvalue weighted by Gasteiger charge is -2.28. The Morgan fingerprint density at radius 3 is 1.29 bits per heavy atom. The second-order valence-electron chi connectivity index (χ2n) is 13.9. The van der Waals surface area contributed by atoms with Gasteiger partial charge in [-0.3, -0.25) is 0 Å². The number of allylic oxidation sites excluding steroid dienone is 6. The maximum atomic E-state index is 2.51. The van der Waals surface area contributed by atoms with Crippen molar-refractivity contribution >= 4 is 6.85 Å². The van der Waals surface area contributed by atoms with Gasteiger partial charge in [0.25, 0.3) is 0 Å². The van der Waals surface area contributed by atoms with Crippen LogP contribution in [0.3, 0.4) is 0 Å². The molecule has 1 rings (SSSR count). The maximum absolute atomic E-state index is 2.51. The van der Waals surface area contributed by atoms with E-state index in [0.717, 1.165) is 0 Å². The van der Waals surface area contributed by atoms with Crippen molar-refractivity contribution in [2.24, 2.45) is 0 Å². The Balaban J connectivity index is 2.46. The van der Waals surface area contributed by atoms with Gasteiger partial charge in [-0.25, -0.2) is 0 Å². The summed E-state index contributed by atoms with van der Waals surface area (Å²) in [6.07, 6.45) is 58.1. The van der Waals surface area contributed by atoms with E-state index >= 15 is 0 Å². The molecule has 0 saturated heterocycles. The molecular weight excluding hydrogens is 541 g/mol. The summed E-state index contributed by atoms with van der Waals surface area (Å²) < 4.78 is 0. The van der Waals surface area contributed by atoms with Gasteiger partial charge in [-0.1, -0.05) is 211 Å². The fraction of sp³-hybridized carbons (Fsp3) is 0.767. The van der Waals surface area contributed by atoms with Crippen molar-refractivity contribution < 1.29 is 0 Å². The first-order valence-corrected chi connectivity index (χ1v) is 20.5. The average Bonchev–Trinajstić information content (AvgIpc) is 3.05. The van der Waals surface area contributed by atoms with E-state index < -0.39 is 0 Å². The van der Waals surface area contributed by atoms with E-state index in [9.17, 15) is 0 Å². The molecule has 0 atom stereocenters. The summed E-state index contributed by atoms with van der Waals surface area (Å²) in [5.41, 5.74) is 1.34. The van der Waals surface area contributed by atoms with Crippen molar-refractivity contribution in [2.75, 3.05) is 0 Å². The van der Waals surface area contributed by atoms with Crippen molar-refractivity contribution in [3.8, 4) is 0 Å². The lowest BCUT2D eigenvalue weighted by atomic mass is 9.58. The molecular formula is C43H78BN. The highest BCUT2D eigenvalue weighted by Gasteiger charge is 2.19. The molecule has 0 aromatic heterocycles. The first-order valence-electron chi connectivity index (χ1n) is 20.5. The van der Waals surface area contributed by atoms with Gasteiger partial charge in [-0.15, -0.1) is 0 Å². The molecule has 0 saturated carbocycles. The first kappa shape index (κ1) is 41.6. The highest BCUT2D eigenvalue weighted by Crippen LogP contribution is 2.20. The largest absolute Gasteiger partial charge is 0.384 e. The Morgan fingerprint density at radius 2 is 0.844 bits per heavy atom. The minimum atomic E-state index is 0.334. The lowest BCUT2D eigenvalue weighted by molar-refractivity contribution is 0.566. The number of unbranched alkanes of at least 4 members (excludes halogenated alkanes) is 27. The topological polar surface area (TPSA) is 3.24 Å². The molecule has 1 aliphatic rings. The minimum Gasteiger partial charge on any atom is -0.384 e. The average molecular weight is 620 g/mol. The standard InChI is InChI=1S/C43H78BN/c1-4-7-10-13-16-19-22-25-28-31-34-38-43-39-37-41-44(40-35-32-29-26-23-20-17-14-11-8-5-2)45(43)42-36-33-30-27-24-21-18-15-12-9-6-3/h34-42H,4-33H2,1-3H3/b38-34+,40-35+,42-36+. The second-order valence-corrected chi connectivity index (χ2v) is 13.9. The molecule has 0 radical (unpaired) electrons. The first-order chi connectivity index (χ1) is 22.3. The van der Waals surface area contributed by atoms with Crippen LogP contribution < -0.4 is 0 Å². The van der Waals surface area contributed by atoms with Gasteiger partial charge in [0.15, 0.2) is 0 Å². The van der Waals surface area contributed by atoms with Crippen LogP contribution in [0, 0.1) is 0 Å². The predicted molar refractivity (Wildman–Crippen MR) is 208 cm³/mol. The van der Waals surface area contributed by atoms with E-state index in [2.05, 4.69) is 80.2 Å². The van der Waals surface area contributed by atoms with E-state index in [1.807, 2.05) is 0 Å². The van der Waals surface area contributed by atoms with E-state index in [1.54, 1.807) is 0 Å². The summed E-state index contributed by atoms with van der Waals surface area (Å²) in [6.45, 7) is 7.24. The molecule has 0 amide bonds. The third-order valence-electron chi connectivity index (χ3n) is 9.51. The van der Waals surface area contributed by atoms with Crippen molar-refractivity contribution in [3.05, 3.63) is 60.3 Å². The summed E-state index contributed by atoms with van der Waals surface area (Å²) in [5.74, 6) is 4.82. The molecule has 1 nitrogen and oxygen atoms in total. The van der Waals surface area contributed by atoms with Gasteiger partial charge in [-0.05, 0) is 56.9 Å². The van der Waals surface area contributed by atoms with Gasteiger partial charge in [0.05, 0.1) is 0 Å². The fourth-order valence-electron chi connectivity index (χ4n) is 6.45. The summed E-state index contributed by atoms with van der Waals surface area (Å²) in [4.78, 5) is 2.51. The molecule has 0 bridgehead atoms. The van der Waals surface area contributed by atoms with Gasteiger partial charge >= 0.3 is 6.85 Å². The van der Waals surface area contributed by atoms with E-state index in [-0.39, 0.29) is 0 Å². The zero-order chi connectivity index (χ0) is 32.3. The van der Waals surface area contributed by atoms with Crippen molar-refractivity contribution in [1.82, 2.24) is 4.81 Å². The van der Waals surface area contributed by atoms with Crippen molar-refractivity contribution in [1.29, 1.82) is 0 Å². The molecule has 0 fully saturated rings. The van der Waals surface area contributed by atoms with Gasteiger partial charge in [0.1, 0.15) is 0 Å². The van der Waals surface area contributed by atoms with Gasteiger partial charge < -0.3 is 4.81 Å². The van der Waals surface area contributed by atoms with E-state index in [0.29, 0.717) is 6.85 Å². The summed E-state index contributed by atoms with van der Waals surface area (Å²) in [6, 6.07) is 0. The minimum absolute atomic E-state index is 0.334. The number of hydrogen-bond donors (Lipinski definition) is 0. The van der Waals surface area contributed by atoms with Crippen LogP contribution in [-0.4, -0.2) is 11.7 Å². The molecule has 1 aliphatic heterocycles. The fourth-order valence-corrected chi connectivity index (χ4v) is 6.45. The van der Waals surface area contributed by atoms with E-state index in [1.165, 1.54) is 198 Å². The maximum Gasteiger partial charge on any atom is 0.312 e. The molecule has 0 aliphatic carbocycles. The van der Waals surface area contributed by atoms with Gasteiger partial charge in [-0.2, -0.15) is 0 Å². The Bertz CT molecular complexity index is 760. The third-order valence-corrected chi connectivity index (χ3v) is 9.51. The number of hydrogen-bond acceptors (Lipinski definition) is 1. The SMILES string of the molecule is CCCCCCCCCCC/C=C/B1C=CC=C(/C=C/CCCCCCCCCCC)N1/C=C/CCCCCCCCCCC. The lowest BCUT2D eigenvalue weighted by Crippen LogP contribution is -2.33. The Hall–Kier alpha value is -1.44. The smallest absolute Gasteiger partial charge is 0.312 e. The van der Waals surface area contributed by atoms with Crippen LogP contribution >= 0.6 is 0 Å². The molecule has 0 N–H and O–H groups in total. The van der Waals surface area contributed by atoms with Crippen LogP contribution in [0.2, 0.25) is 0 Å². The normalized spacial score (nSPS) is 13.8. The number of rotatable bonds is 33. The van der Waals surface area contributed by atoms with Crippen molar-refractivity contribution in [3.63, 3.8) is 0 Å². The summed E-state index contributed by atoms with van der Waals surface area (Å²) in [5, 5.41) is 0.